The third kappa shape index (κ3) is 4.68. The van der Waals surface area contributed by atoms with Crippen LogP contribution in [0, 0.1) is 5.82 Å². The maximum Gasteiger partial charge on any atom is 0.123 e. The van der Waals surface area contributed by atoms with Crippen LogP contribution in [0.4, 0.5) is 4.39 Å². The minimum atomic E-state index is -0.258. The molecule has 0 aliphatic rings. The molecule has 0 fully saturated rings. The van der Waals surface area contributed by atoms with E-state index in [1.165, 1.54) is 12.1 Å². The Hall–Kier alpha value is -1.04. The summed E-state index contributed by atoms with van der Waals surface area (Å²) in [6, 6.07) is 4.53. The smallest absolute Gasteiger partial charge is 0.123 e. The molecule has 100 valence electrons. The van der Waals surface area contributed by atoms with Crippen molar-refractivity contribution in [1.82, 2.24) is 9.80 Å². The van der Waals surface area contributed by atoms with Gasteiger partial charge in [-0.1, -0.05) is 12.2 Å². The Bertz CT molecular complexity index is 421. The van der Waals surface area contributed by atoms with E-state index >= 15 is 0 Å². The highest BCUT2D eigenvalue weighted by Gasteiger charge is 2.09. The molecule has 0 aliphatic heterocycles. The second-order valence-electron chi connectivity index (χ2n) is 4.71. The van der Waals surface area contributed by atoms with Crippen molar-refractivity contribution in [2.24, 2.45) is 5.73 Å². The molecule has 2 N–H and O–H groups in total. The Morgan fingerprint density at radius 2 is 1.94 bits per heavy atom. The van der Waals surface area contributed by atoms with Crippen LogP contribution < -0.4 is 5.73 Å². The number of halogens is 1. The molecule has 1 aromatic rings. The molecule has 0 heterocycles. The van der Waals surface area contributed by atoms with Crippen molar-refractivity contribution in [3.8, 4) is 0 Å². The molecule has 18 heavy (non-hydrogen) atoms. The van der Waals surface area contributed by atoms with Gasteiger partial charge in [-0.25, -0.2) is 4.39 Å². The minimum absolute atomic E-state index is 0.258. The number of thiocarbonyl (C=S) groups is 1. The number of nitrogens with two attached hydrogens (primary N) is 1. The molecule has 0 aromatic heterocycles. The van der Waals surface area contributed by atoms with E-state index in [4.69, 9.17) is 18.0 Å². The van der Waals surface area contributed by atoms with Crippen LogP contribution in [0.15, 0.2) is 18.2 Å². The van der Waals surface area contributed by atoms with E-state index in [-0.39, 0.29) is 5.82 Å². The maximum absolute atomic E-state index is 13.3. The first-order valence-electron chi connectivity index (χ1n) is 5.81. The molecule has 1 aromatic carbocycles. The zero-order valence-corrected chi connectivity index (χ0v) is 11.9. The van der Waals surface area contributed by atoms with Gasteiger partial charge in [-0.05, 0) is 44.9 Å². The Morgan fingerprint density at radius 1 is 1.28 bits per heavy atom. The normalized spacial score (nSPS) is 11.2. The Morgan fingerprint density at radius 3 is 2.50 bits per heavy atom. The zero-order valence-electron chi connectivity index (χ0n) is 11.1. The van der Waals surface area contributed by atoms with Crippen molar-refractivity contribution in [3.63, 3.8) is 0 Å². The molecular formula is C13H20FN3S. The first kappa shape index (κ1) is 15.0. The van der Waals surface area contributed by atoms with Gasteiger partial charge in [-0.2, -0.15) is 0 Å². The number of likely N-dealkylation sites (N-methyl/N-ethyl adjacent to an activating group) is 2. The SMILES string of the molecule is CN(C)CCN(C)Cc1cc(F)ccc1C(N)=S. The van der Waals surface area contributed by atoms with Gasteiger partial charge < -0.3 is 15.5 Å². The Balaban J connectivity index is 2.76. The fourth-order valence-electron chi connectivity index (χ4n) is 1.67. The summed E-state index contributed by atoms with van der Waals surface area (Å²) in [5.41, 5.74) is 7.23. The van der Waals surface area contributed by atoms with Crippen molar-refractivity contribution in [2.75, 3.05) is 34.2 Å². The molecule has 0 spiro atoms. The van der Waals surface area contributed by atoms with Crippen molar-refractivity contribution in [1.29, 1.82) is 0 Å². The van der Waals surface area contributed by atoms with Crippen LogP contribution >= 0.6 is 12.2 Å². The number of rotatable bonds is 6. The number of hydrogen-bond acceptors (Lipinski definition) is 3. The Labute approximate surface area is 113 Å². The van der Waals surface area contributed by atoms with Crippen LogP contribution in [0.3, 0.4) is 0 Å². The average Bonchev–Trinajstić information content (AvgIpc) is 2.26. The van der Waals surface area contributed by atoms with Crippen LogP contribution in [0.25, 0.3) is 0 Å². The quantitative estimate of drug-likeness (QED) is 0.792. The van der Waals surface area contributed by atoms with Gasteiger partial charge in [0.2, 0.25) is 0 Å². The highest BCUT2D eigenvalue weighted by atomic mass is 32.1. The van der Waals surface area contributed by atoms with E-state index in [1.807, 2.05) is 21.1 Å². The van der Waals surface area contributed by atoms with Crippen molar-refractivity contribution in [3.05, 3.63) is 35.1 Å². The molecule has 0 radical (unpaired) electrons. The van der Waals surface area contributed by atoms with Gasteiger partial charge in [0.15, 0.2) is 0 Å². The highest BCUT2D eigenvalue weighted by Crippen LogP contribution is 2.13. The summed E-state index contributed by atoms with van der Waals surface area (Å²) in [5, 5.41) is 0. The van der Waals surface area contributed by atoms with Gasteiger partial charge in [-0.3, -0.25) is 0 Å². The Kier molecular flexibility index (Phi) is 5.65. The number of benzene rings is 1. The first-order valence-corrected chi connectivity index (χ1v) is 6.22. The molecule has 0 saturated carbocycles. The third-order valence-electron chi connectivity index (χ3n) is 2.70. The lowest BCUT2D eigenvalue weighted by Gasteiger charge is -2.20. The standard InChI is InChI=1S/C13H20FN3S/c1-16(2)6-7-17(3)9-10-8-11(14)4-5-12(10)13(15)18/h4-5,8H,6-7,9H2,1-3H3,(H2,15,18). The maximum atomic E-state index is 13.3. The van der Waals surface area contributed by atoms with E-state index in [0.717, 1.165) is 24.2 Å². The van der Waals surface area contributed by atoms with E-state index in [0.29, 0.717) is 11.5 Å². The molecule has 0 unspecified atom stereocenters. The van der Waals surface area contributed by atoms with Crippen LogP contribution in [0.1, 0.15) is 11.1 Å². The number of hydrogen-bond donors (Lipinski definition) is 1. The second-order valence-corrected chi connectivity index (χ2v) is 5.15. The van der Waals surface area contributed by atoms with Crippen LogP contribution in [-0.4, -0.2) is 49.0 Å². The lowest BCUT2D eigenvalue weighted by Crippen LogP contribution is -2.29. The monoisotopic (exact) mass is 269 g/mol. The summed E-state index contributed by atoms with van der Waals surface area (Å²) < 4.78 is 13.3. The molecule has 0 aliphatic carbocycles. The van der Waals surface area contributed by atoms with E-state index in [1.54, 1.807) is 6.07 Å². The summed E-state index contributed by atoms with van der Waals surface area (Å²) in [4.78, 5) is 4.54. The molecule has 3 nitrogen and oxygen atoms in total. The third-order valence-corrected chi connectivity index (χ3v) is 2.92. The van der Waals surface area contributed by atoms with Crippen molar-refractivity contribution < 1.29 is 4.39 Å². The van der Waals surface area contributed by atoms with Gasteiger partial charge in [0, 0.05) is 25.2 Å². The largest absolute Gasteiger partial charge is 0.389 e. The zero-order chi connectivity index (χ0) is 13.7. The first-order chi connectivity index (χ1) is 8.40. The van der Waals surface area contributed by atoms with Crippen LogP contribution in [-0.2, 0) is 6.54 Å². The summed E-state index contributed by atoms with van der Waals surface area (Å²) in [5.74, 6) is -0.258. The molecule has 0 saturated heterocycles. The molecular weight excluding hydrogens is 249 g/mol. The summed E-state index contributed by atoms with van der Waals surface area (Å²) in [6.45, 7) is 2.49. The minimum Gasteiger partial charge on any atom is -0.389 e. The van der Waals surface area contributed by atoms with Gasteiger partial charge in [0.05, 0.1) is 0 Å². The van der Waals surface area contributed by atoms with Crippen LogP contribution in [0.5, 0.6) is 0 Å². The lowest BCUT2D eigenvalue weighted by atomic mass is 10.1. The van der Waals surface area contributed by atoms with Crippen molar-refractivity contribution >= 4 is 17.2 Å². The predicted octanol–water partition coefficient (Wildman–Crippen LogP) is 1.45. The second kappa shape index (κ2) is 6.78. The van der Waals surface area contributed by atoms with Crippen LogP contribution in [0.2, 0.25) is 0 Å². The molecule has 0 atom stereocenters. The summed E-state index contributed by atoms with van der Waals surface area (Å²) in [7, 11) is 6.05. The lowest BCUT2D eigenvalue weighted by molar-refractivity contribution is 0.276. The van der Waals surface area contributed by atoms with Gasteiger partial charge in [0.25, 0.3) is 0 Å². The van der Waals surface area contributed by atoms with E-state index < -0.39 is 0 Å². The molecule has 1 rings (SSSR count). The summed E-state index contributed by atoms with van der Waals surface area (Å²) >= 11 is 4.98. The van der Waals surface area contributed by atoms with Gasteiger partial charge in [0.1, 0.15) is 10.8 Å². The summed E-state index contributed by atoms with van der Waals surface area (Å²) in [6.07, 6.45) is 0. The molecule has 0 amide bonds. The highest BCUT2D eigenvalue weighted by molar-refractivity contribution is 7.80. The fourth-order valence-corrected chi connectivity index (χ4v) is 1.87. The molecule has 5 heteroatoms. The van der Waals surface area contributed by atoms with Crippen molar-refractivity contribution in [2.45, 2.75) is 6.54 Å². The average molecular weight is 269 g/mol. The van der Waals surface area contributed by atoms with E-state index in [2.05, 4.69) is 9.80 Å². The van der Waals surface area contributed by atoms with Gasteiger partial charge in [-0.15, -0.1) is 0 Å². The topological polar surface area (TPSA) is 32.5 Å². The van der Waals surface area contributed by atoms with Gasteiger partial charge >= 0.3 is 0 Å². The molecule has 0 bridgehead atoms. The predicted molar refractivity (Wildman–Crippen MR) is 77.2 cm³/mol. The number of nitrogens with zero attached hydrogens (tertiary/aromatic N) is 2. The van der Waals surface area contributed by atoms with E-state index in [9.17, 15) is 4.39 Å². The fraction of sp³-hybridized carbons (Fsp3) is 0.462.